The normalized spacial score (nSPS) is 11.1. The lowest BCUT2D eigenvalue weighted by Crippen LogP contribution is -1.82. The largest absolute Gasteiger partial charge is 0.346 e. The Labute approximate surface area is 67.4 Å². The molecule has 0 radical (unpaired) electrons. The van der Waals surface area contributed by atoms with E-state index in [9.17, 15) is 0 Å². The molecule has 0 aliphatic carbocycles. The lowest BCUT2D eigenvalue weighted by molar-refractivity contribution is 0.949. The Morgan fingerprint density at radius 1 is 1.64 bits per heavy atom. The summed E-state index contributed by atoms with van der Waals surface area (Å²) in [6.07, 6.45) is 8.29. The SMILES string of the molecule is CC=CCCc1cnc(C)[nH]1. The van der Waals surface area contributed by atoms with Crippen molar-refractivity contribution in [1.29, 1.82) is 0 Å². The van der Waals surface area contributed by atoms with Gasteiger partial charge >= 0.3 is 0 Å². The molecule has 1 heterocycles. The minimum absolute atomic E-state index is 1.00. The van der Waals surface area contributed by atoms with Crippen LogP contribution in [-0.2, 0) is 6.42 Å². The van der Waals surface area contributed by atoms with Crippen LogP contribution < -0.4 is 0 Å². The van der Waals surface area contributed by atoms with Gasteiger partial charge in [-0.05, 0) is 26.7 Å². The van der Waals surface area contributed by atoms with Gasteiger partial charge in [0.1, 0.15) is 5.82 Å². The van der Waals surface area contributed by atoms with Crippen LogP contribution in [0.2, 0.25) is 0 Å². The van der Waals surface area contributed by atoms with E-state index >= 15 is 0 Å². The fraction of sp³-hybridized carbons (Fsp3) is 0.444. The number of imidazole rings is 1. The lowest BCUT2D eigenvalue weighted by atomic mass is 10.2. The molecule has 2 heteroatoms. The molecule has 0 aliphatic rings. The summed E-state index contributed by atoms with van der Waals surface area (Å²) in [6.45, 7) is 4.01. The van der Waals surface area contributed by atoms with Gasteiger partial charge in [0.05, 0.1) is 0 Å². The minimum atomic E-state index is 1.00. The van der Waals surface area contributed by atoms with Crippen LogP contribution in [0.5, 0.6) is 0 Å². The highest BCUT2D eigenvalue weighted by Crippen LogP contribution is 1.99. The number of nitrogens with zero attached hydrogens (tertiary/aromatic N) is 1. The molecule has 0 unspecified atom stereocenters. The van der Waals surface area contributed by atoms with Gasteiger partial charge in [-0.2, -0.15) is 0 Å². The van der Waals surface area contributed by atoms with Crippen LogP contribution in [0.3, 0.4) is 0 Å². The molecule has 2 nitrogen and oxygen atoms in total. The maximum Gasteiger partial charge on any atom is 0.103 e. The quantitative estimate of drug-likeness (QED) is 0.657. The molecular weight excluding hydrogens is 136 g/mol. The van der Waals surface area contributed by atoms with Crippen LogP contribution in [0, 0.1) is 6.92 Å². The van der Waals surface area contributed by atoms with E-state index in [0.717, 1.165) is 18.7 Å². The number of allylic oxidation sites excluding steroid dienone is 2. The van der Waals surface area contributed by atoms with Gasteiger partial charge in [-0.25, -0.2) is 4.98 Å². The topological polar surface area (TPSA) is 28.7 Å². The van der Waals surface area contributed by atoms with E-state index in [1.54, 1.807) is 0 Å². The molecule has 1 aromatic rings. The van der Waals surface area contributed by atoms with Crippen molar-refractivity contribution in [2.24, 2.45) is 0 Å². The number of hydrogen-bond donors (Lipinski definition) is 1. The predicted octanol–water partition coefficient (Wildman–Crippen LogP) is 2.23. The summed E-state index contributed by atoms with van der Waals surface area (Å²) in [4.78, 5) is 7.31. The first-order valence-electron chi connectivity index (χ1n) is 3.94. The molecule has 0 aromatic carbocycles. The molecule has 0 saturated carbocycles. The smallest absolute Gasteiger partial charge is 0.103 e. The van der Waals surface area contributed by atoms with E-state index in [0.29, 0.717) is 0 Å². The molecule has 0 fully saturated rings. The highest BCUT2D eigenvalue weighted by Gasteiger charge is 1.93. The second kappa shape index (κ2) is 3.96. The van der Waals surface area contributed by atoms with Crippen molar-refractivity contribution in [3.05, 3.63) is 29.9 Å². The number of aryl methyl sites for hydroxylation is 2. The fourth-order valence-electron chi connectivity index (χ4n) is 1.00. The Hall–Kier alpha value is -1.05. The summed E-state index contributed by atoms with van der Waals surface area (Å²) in [5.74, 6) is 1.00. The average Bonchev–Trinajstić information content (AvgIpc) is 2.37. The van der Waals surface area contributed by atoms with Crippen molar-refractivity contribution in [2.45, 2.75) is 26.7 Å². The number of aromatic amines is 1. The van der Waals surface area contributed by atoms with Crippen LogP contribution in [0.4, 0.5) is 0 Å². The van der Waals surface area contributed by atoms with Crippen molar-refractivity contribution in [3.8, 4) is 0 Å². The molecule has 11 heavy (non-hydrogen) atoms. The molecule has 0 atom stereocenters. The Morgan fingerprint density at radius 2 is 2.45 bits per heavy atom. The zero-order chi connectivity index (χ0) is 8.10. The second-order valence-electron chi connectivity index (χ2n) is 2.60. The Bertz CT molecular complexity index is 235. The van der Waals surface area contributed by atoms with Gasteiger partial charge < -0.3 is 4.98 Å². The fourth-order valence-corrected chi connectivity index (χ4v) is 1.00. The van der Waals surface area contributed by atoms with E-state index in [4.69, 9.17) is 0 Å². The van der Waals surface area contributed by atoms with Crippen LogP contribution in [0.1, 0.15) is 24.9 Å². The zero-order valence-electron chi connectivity index (χ0n) is 7.09. The highest BCUT2D eigenvalue weighted by atomic mass is 14.9. The van der Waals surface area contributed by atoms with E-state index < -0.39 is 0 Å². The summed E-state index contributed by atoms with van der Waals surface area (Å²) in [5.41, 5.74) is 1.22. The lowest BCUT2D eigenvalue weighted by Gasteiger charge is -1.89. The number of rotatable bonds is 3. The van der Waals surface area contributed by atoms with Crippen LogP contribution in [0.15, 0.2) is 18.3 Å². The third-order valence-corrected chi connectivity index (χ3v) is 1.57. The highest BCUT2D eigenvalue weighted by molar-refractivity contribution is 5.01. The van der Waals surface area contributed by atoms with Crippen LogP contribution >= 0.6 is 0 Å². The maximum absolute atomic E-state index is 4.12. The van der Waals surface area contributed by atoms with Gasteiger partial charge in [-0.1, -0.05) is 12.2 Å². The first-order chi connectivity index (χ1) is 5.33. The monoisotopic (exact) mass is 150 g/mol. The Kier molecular flexibility index (Phi) is 2.90. The van der Waals surface area contributed by atoms with Gasteiger partial charge in [0.2, 0.25) is 0 Å². The third kappa shape index (κ3) is 2.58. The molecule has 1 N–H and O–H groups in total. The molecule has 0 saturated heterocycles. The van der Waals surface area contributed by atoms with E-state index in [1.165, 1.54) is 5.69 Å². The van der Waals surface area contributed by atoms with Gasteiger partial charge in [0.25, 0.3) is 0 Å². The molecular formula is C9H14N2. The second-order valence-corrected chi connectivity index (χ2v) is 2.60. The van der Waals surface area contributed by atoms with E-state index in [2.05, 4.69) is 22.1 Å². The number of aromatic nitrogens is 2. The van der Waals surface area contributed by atoms with Gasteiger partial charge in [0.15, 0.2) is 0 Å². The third-order valence-electron chi connectivity index (χ3n) is 1.57. The molecule has 0 spiro atoms. The molecule has 0 bridgehead atoms. The average molecular weight is 150 g/mol. The predicted molar refractivity (Wildman–Crippen MR) is 46.5 cm³/mol. The first-order valence-corrected chi connectivity index (χ1v) is 3.94. The molecule has 1 aromatic heterocycles. The van der Waals surface area contributed by atoms with E-state index in [1.807, 2.05) is 20.0 Å². The number of hydrogen-bond acceptors (Lipinski definition) is 1. The molecule has 0 aliphatic heterocycles. The van der Waals surface area contributed by atoms with Crippen molar-refractivity contribution in [2.75, 3.05) is 0 Å². The molecule has 0 amide bonds. The van der Waals surface area contributed by atoms with Crippen LogP contribution in [0.25, 0.3) is 0 Å². The minimum Gasteiger partial charge on any atom is -0.346 e. The first kappa shape index (κ1) is 8.05. The summed E-state index contributed by atoms with van der Waals surface area (Å²) < 4.78 is 0. The van der Waals surface area contributed by atoms with Gasteiger partial charge in [-0.3, -0.25) is 0 Å². The van der Waals surface area contributed by atoms with Crippen LogP contribution in [-0.4, -0.2) is 9.97 Å². The maximum atomic E-state index is 4.12. The Balaban J connectivity index is 2.38. The summed E-state index contributed by atoms with van der Waals surface area (Å²) in [7, 11) is 0. The van der Waals surface area contributed by atoms with Gasteiger partial charge in [0, 0.05) is 11.9 Å². The molecule has 60 valence electrons. The molecule has 1 rings (SSSR count). The summed E-state index contributed by atoms with van der Waals surface area (Å²) >= 11 is 0. The van der Waals surface area contributed by atoms with Crippen molar-refractivity contribution in [3.63, 3.8) is 0 Å². The Morgan fingerprint density at radius 3 is 3.00 bits per heavy atom. The van der Waals surface area contributed by atoms with Gasteiger partial charge in [-0.15, -0.1) is 0 Å². The standard InChI is InChI=1S/C9H14N2/c1-3-4-5-6-9-7-10-8(2)11-9/h3-4,7H,5-6H2,1-2H3,(H,10,11). The summed E-state index contributed by atoms with van der Waals surface area (Å²) in [6, 6.07) is 0. The number of nitrogens with one attached hydrogen (secondary N) is 1. The summed E-state index contributed by atoms with van der Waals surface area (Å²) in [5, 5.41) is 0. The van der Waals surface area contributed by atoms with Crippen molar-refractivity contribution < 1.29 is 0 Å². The van der Waals surface area contributed by atoms with Crippen molar-refractivity contribution in [1.82, 2.24) is 9.97 Å². The zero-order valence-corrected chi connectivity index (χ0v) is 7.09. The number of H-pyrrole nitrogens is 1. The van der Waals surface area contributed by atoms with E-state index in [-0.39, 0.29) is 0 Å². The van der Waals surface area contributed by atoms with Crippen molar-refractivity contribution >= 4 is 0 Å².